The number of fused-ring (bicyclic) bond motifs is 1. The lowest BCUT2D eigenvalue weighted by Gasteiger charge is -2.11. The van der Waals surface area contributed by atoms with Gasteiger partial charge in [0.1, 0.15) is 11.3 Å². The van der Waals surface area contributed by atoms with Crippen LogP contribution in [-0.4, -0.2) is 38.4 Å². The third-order valence-electron chi connectivity index (χ3n) is 2.56. The van der Waals surface area contributed by atoms with Crippen LogP contribution in [0.1, 0.15) is 29.9 Å². The zero-order valence-corrected chi connectivity index (χ0v) is 10.7. The maximum Gasteiger partial charge on any atom is 0.355 e. The fourth-order valence-electron chi connectivity index (χ4n) is 1.79. The molecule has 102 valence electrons. The number of aliphatic hydroxyl groups is 1. The first kappa shape index (κ1) is 13.3. The molecule has 0 aliphatic carbocycles. The van der Waals surface area contributed by atoms with Gasteiger partial charge in [0, 0.05) is 19.1 Å². The molecule has 0 atom stereocenters. The Morgan fingerprint density at radius 2 is 2.32 bits per heavy atom. The number of ether oxygens (including phenoxy) is 1. The molecule has 19 heavy (non-hydrogen) atoms. The van der Waals surface area contributed by atoms with Crippen molar-refractivity contribution < 1.29 is 14.6 Å². The Balaban J connectivity index is 2.60. The number of esters is 1. The average Bonchev–Trinajstić information content (AvgIpc) is 2.80. The minimum absolute atomic E-state index is 0.0632. The van der Waals surface area contributed by atoms with Crippen molar-refractivity contribution in [2.75, 3.05) is 6.61 Å². The molecule has 0 fully saturated rings. The van der Waals surface area contributed by atoms with Crippen molar-refractivity contribution in [3.8, 4) is 0 Å². The van der Waals surface area contributed by atoms with Crippen molar-refractivity contribution in [2.24, 2.45) is 0 Å². The Kier molecular flexibility index (Phi) is 3.66. The molecule has 0 spiro atoms. The molecule has 0 unspecified atom stereocenters. The van der Waals surface area contributed by atoms with E-state index >= 15 is 0 Å². The lowest BCUT2D eigenvalue weighted by atomic mass is 10.1. The van der Waals surface area contributed by atoms with Crippen molar-refractivity contribution in [1.29, 1.82) is 0 Å². The summed E-state index contributed by atoms with van der Waals surface area (Å²) in [5.41, 5.74) is 0.219. The van der Waals surface area contributed by atoms with Gasteiger partial charge < -0.3 is 14.8 Å². The molecule has 2 N–H and O–H groups in total. The number of nitrogens with one attached hydrogen (secondary N) is 1. The van der Waals surface area contributed by atoms with E-state index in [2.05, 4.69) is 10.1 Å². The summed E-state index contributed by atoms with van der Waals surface area (Å²) in [6, 6.07) is 1.58. The lowest BCUT2D eigenvalue weighted by Crippen LogP contribution is -2.27. The van der Waals surface area contributed by atoms with E-state index in [1.54, 1.807) is 19.9 Å². The predicted octanol–water partition coefficient (Wildman–Crippen LogP) is 0.123. The van der Waals surface area contributed by atoms with Gasteiger partial charge in [-0.1, -0.05) is 0 Å². The molecule has 2 heterocycles. The number of H-pyrrole nitrogens is 1. The van der Waals surface area contributed by atoms with Gasteiger partial charge in [0.2, 0.25) is 0 Å². The van der Waals surface area contributed by atoms with Gasteiger partial charge in [0.15, 0.2) is 0 Å². The summed E-state index contributed by atoms with van der Waals surface area (Å²) in [7, 11) is 0. The third kappa shape index (κ3) is 2.50. The maximum atomic E-state index is 12.2. The van der Waals surface area contributed by atoms with Gasteiger partial charge in [0.25, 0.3) is 5.56 Å². The molecule has 0 amide bonds. The van der Waals surface area contributed by atoms with Crippen molar-refractivity contribution in [3.63, 3.8) is 0 Å². The Bertz CT molecular complexity index is 657. The van der Waals surface area contributed by atoms with Crippen molar-refractivity contribution in [2.45, 2.75) is 26.4 Å². The number of rotatable bonds is 4. The SMILES string of the molecule is CC(C)OC(=O)c1[nH]c2ccnn2c(=O)c1CCO. The number of aromatic nitrogens is 3. The molecule has 2 aromatic rings. The summed E-state index contributed by atoms with van der Waals surface area (Å²) >= 11 is 0. The molecule has 0 saturated carbocycles. The molecular formula is C12H15N3O4. The molecule has 0 aliphatic rings. The van der Waals surface area contributed by atoms with Crippen LogP contribution < -0.4 is 5.56 Å². The van der Waals surface area contributed by atoms with E-state index in [0.29, 0.717) is 5.65 Å². The van der Waals surface area contributed by atoms with E-state index in [-0.39, 0.29) is 30.4 Å². The summed E-state index contributed by atoms with van der Waals surface area (Å²) in [6.07, 6.45) is 1.22. The highest BCUT2D eigenvalue weighted by atomic mass is 16.5. The Labute approximate surface area is 108 Å². The molecule has 0 aliphatic heterocycles. The summed E-state index contributed by atoms with van der Waals surface area (Å²) in [5.74, 6) is -0.612. The molecule has 0 saturated heterocycles. The zero-order chi connectivity index (χ0) is 14.0. The van der Waals surface area contributed by atoms with Crippen LogP contribution in [0.2, 0.25) is 0 Å². The van der Waals surface area contributed by atoms with E-state index in [0.717, 1.165) is 4.52 Å². The number of nitrogens with zero attached hydrogens (tertiary/aromatic N) is 2. The monoisotopic (exact) mass is 265 g/mol. The minimum Gasteiger partial charge on any atom is -0.458 e. The number of carbonyl (C=O) groups excluding carboxylic acids is 1. The normalized spacial score (nSPS) is 11.2. The Hall–Kier alpha value is -2.15. The highest BCUT2D eigenvalue weighted by Crippen LogP contribution is 2.08. The van der Waals surface area contributed by atoms with Gasteiger partial charge >= 0.3 is 5.97 Å². The largest absolute Gasteiger partial charge is 0.458 e. The average molecular weight is 265 g/mol. The Morgan fingerprint density at radius 3 is 2.95 bits per heavy atom. The fraction of sp³-hybridized carbons (Fsp3) is 0.417. The second-order valence-electron chi connectivity index (χ2n) is 4.34. The number of carbonyl (C=O) groups is 1. The van der Waals surface area contributed by atoms with E-state index in [1.165, 1.54) is 6.20 Å². The van der Waals surface area contributed by atoms with Crippen LogP contribution in [0, 0.1) is 0 Å². The first-order chi connectivity index (χ1) is 9.04. The fourth-order valence-corrected chi connectivity index (χ4v) is 1.79. The molecule has 0 radical (unpaired) electrons. The molecule has 7 heteroatoms. The molecule has 2 aromatic heterocycles. The molecule has 0 aromatic carbocycles. The quantitative estimate of drug-likeness (QED) is 0.765. The molecule has 2 rings (SSSR count). The lowest BCUT2D eigenvalue weighted by molar-refractivity contribution is 0.0369. The highest BCUT2D eigenvalue weighted by molar-refractivity contribution is 5.89. The van der Waals surface area contributed by atoms with E-state index in [4.69, 9.17) is 9.84 Å². The van der Waals surface area contributed by atoms with Gasteiger partial charge in [-0.05, 0) is 13.8 Å². The summed E-state index contributed by atoms with van der Waals surface area (Å²) in [6.45, 7) is 3.20. The van der Waals surface area contributed by atoms with Crippen molar-refractivity contribution in [1.82, 2.24) is 14.6 Å². The van der Waals surface area contributed by atoms with E-state index in [9.17, 15) is 9.59 Å². The zero-order valence-electron chi connectivity index (χ0n) is 10.7. The van der Waals surface area contributed by atoms with Crippen molar-refractivity contribution in [3.05, 3.63) is 33.9 Å². The predicted molar refractivity (Wildman–Crippen MR) is 67.2 cm³/mol. The molecular weight excluding hydrogens is 250 g/mol. The van der Waals surface area contributed by atoms with Crippen LogP contribution in [0.25, 0.3) is 5.65 Å². The summed E-state index contributed by atoms with van der Waals surface area (Å²) < 4.78 is 6.23. The van der Waals surface area contributed by atoms with Gasteiger partial charge in [-0.25, -0.2) is 4.79 Å². The second kappa shape index (κ2) is 5.23. The number of aliphatic hydroxyl groups excluding tert-OH is 1. The Morgan fingerprint density at radius 1 is 1.58 bits per heavy atom. The van der Waals surface area contributed by atoms with Crippen LogP contribution >= 0.6 is 0 Å². The van der Waals surface area contributed by atoms with Crippen LogP contribution in [0.5, 0.6) is 0 Å². The van der Waals surface area contributed by atoms with Crippen LogP contribution in [0.3, 0.4) is 0 Å². The summed E-state index contributed by atoms with van der Waals surface area (Å²) in [5, 5.41) is 12.9. The van der Waals surface area contributed by atoms with Crippen LogP contribution in [0.4, 0.5) is 0 Å². The van der Waals surface area contributed by atoms with Gasteiger partial charge in [0.05, 0.1) is 17.9 Å². The van der Waals surface area contributed by atoms with Gasteiger partial charge in [-0.2, -0.15) is 9.61 Å². The smallest absolute Gasteiger partial charge is 0.355 e. The number of hydrogen-bond acceptors (Lipinski definition) is 5. The maximum absolute atomic E-state index is 12.2. The third-order valence-corrected chi connectivity index (χ3v) is 2.56. The van der Waals surface area contributed by atoms with E-state index in [1.807, 2.05) is 0 Å². The number of aromatic amines is 1. The highest BCUT2D eigenvalue weighted by Gasteiger charge is 2.20. The van der Waals surface area contributed by atoms with E-state index < -0.39 is 11.5 Å². The standard InChI is InChI=1S/C12H15N3O4/c1-7(2)19-12(18)10-8(4-6-16)11(17)15-9(14-10)3-5-13-15/h3,5,7,14,16H,4,6H2,1-2H3. The van der Waals surface area contributed by atoms with Gasteiger partial charge in [-0.15, -0.1) is 0 Å². The molecule has 0 bridgehead atoms. The second-order valence-corrected chi connectivity index (χ2v) is 4.34. The first-order valence-electron chi connectivity index (χ1n) is 5.95. The van der Waals surface area contributed by atoms with Crippen LogP contribution in [0.15, 0.2) is 17.1 Å². The topological polar surface area (TPSA) is 96.7 Å². The van der Waals surface area contributed by atoms with Crippen LogP contribution in [-0.2, 0) is 11.2 Å². The minimum atomic E-state index is -0.612. The first-order valence-corrected chi connectivity index (χ1v) is 5.95. The summed E-state index contributed by atoms with van der Waals surface area (Å²) in [4.78, 5) is 26.9. The molecule has 7 nitrogen and oxygen atoms in total. The van der Waals surface area contributed by atoms with Crippen molar-refractivity contribution >= 4 is 11.6 Å². The number of hydrogen-bond donors (Lipinski definition) is 2. The van der Waals surface area contributed by atoms with Gasteiger partial charge in [-0.3, -0.25) is 4.79 Å².